The molecule has 1 aliphatic heterocycles. The van der Waals surface area contributed by atoms with Crippen molar-refractivity contribution < 1.29 is 9.53 Å². The quantitative estimate of drug-likeness (QED) is 0.840. The zero-order chi connectivity index (χ0) is 14.7. The number of amides is 1. The number of hydrogen-bond donors (Lipinski definition) is 0. The van der Waals surface area contributed by atoms with Gasteiger partial charge in [0.2, 0.25) is 0 Å². The Morgan fingerprint density at radius 1 is 1.25 bits per heavy atom. The first-order chi connectivity index (χ1) is 9.54. The molecule has 20 heavy (non-hydrogen) atoms. The minimum Gasteiger partial charge on any atom is -0.494 e. The molecule has 1 amide bonds. The number of methoxy groups -OCH3 is 1. The van der Waals surface area contributed by atoms with E-state index in [1.807, 2.05) is 17.0 Å². The molecule has 1 saturated heterocycles. The molecule has 0 aromatic heterocycles. The van der Waals surface area contributed by atoms with Crippen LogP contribution in [0.2, 0.25) is 5.02 Å². The second kappa shape index (κ2) is 6.49. The van der Waals surface area contributed by atoms with Crippen LogP contribution in [0.4, 0.5) is 0 Å². The van der Waals surface area contributed by atoms with E-state index in [1.165, 1.54) is 6.42 Å². The van der Waals surface area contributed by atoms with Crippen molar-refractivity contribution >= 4 is 17.5 Å². The van der Waals surface area contributed by atoms with Gasteiger partial charge in [0.15, 0.2) is 0 Å². The summed E-state index contributed by atoms with van der Waals surface area (Å²) in [6.07, 6.45) is 3.35. The first-order valence-corrected chi connectivity index (χ1v) is 7.59. The molecule has 0 aliphatic carbocycles. The third-order valence-electron chi connectivity index (χ3n) is 3.81. The lowest BCUT2D eigenvalue weighted by Gasteiger charge is -2.27. The van der Waals surface area contributed by atoms with Crippen LogP contribution in [0.3, 0.4) is 0 Å². The molecule has 1 aromatic rings. The molecule has 0 bridgehead atoms. The number of carbonyl (C=O) groups excluding carboxylic acids is 1. The number of carbonyl (C=O) groups is 1. The fourth-order valence-corrected chi connectivity index (χ4v) is 2.89. The average molecular weight is 296 g/mol. The molecule has 0 unspecified atom stereocenters. The summed E-state index contributed by atoms with van der Waals surface area (Å²) in [5.74, 6) is 0.851. The van der Waals surface area contributed by atoms with Gasteiger partial charge in [-0.1, -0.05) is 25.4 Å². The fourth-order valence-electron chi connectivity index (χ4n) is 2.58. The van der Waals surface area contributed by atoms with Gasteiger partial charge in [-0.05, 0) is 42.9 Å². The smallest absolute Gasteiger partial charge is 0.257 e. The summed E-state index contributed by atoms with van der Waals surface area (Å²) in [6, 6.07) is 3.81. The van der Waals surface area contributed by atoms with Crippen molar-refractivity contribution in [2.45, 2.75) is 39.0 Å². The lowest BCUT2D eigenvalue weighted by Crippen LogP contribution is -2.35. The van der Waals surface area contributed by atoms with Crippen LogP contribution >= 0.6 is 11.6 Å². The van der Waals surface area contributed by atoms with Crippen molar-refractivity contribution in [1.29, 1.82) is 0 Å². The highest BCUT2D eigenvalue weighted by Crippen LogP contribution is 2.33. The molecule has 1 aromatic carbocycles. The van der Waals surface area contributed by atoms with Crippen LogP contribution in [0.15, 0.2) is 12.1 Å². The van der Waals surface area contributed by atoms with E-state index in [4.69, 9.17) is 16.3 Å². The Morgan fingerprint density at radius 3 is 2.45 bits per heavy atom. The second-order valence-corrected chi connectivity index (χ2v) is 6.00. The fraction of sp³-hybridized carbons (Fsp3) is 0.562. The van der Waals surface area contributed by atoms with Gasteiger partial charge in [0.05, 0.1) is 17.7 Å². The van der Waals surface area contributed by atoms with Gasteiger partial charge in [0.1, 0.15) is 5.75 Å². The molecule has 1 heterocycles. The summed E-state index contributed by atoms with van der Waals surface area (Å²) in [5, 5.41) is 0.513. The summed E-state index contributed by atoms with van der Waals surface area (Å²) < 4.78 is 5.34. The molecule has 4 heteroatoms. The zero-order valence-corrected chi connectivity index (χ0v) is 13.2. The number of piperidine rings is 1. The maximum absolute atomic E-state index is 12.7. The predicted octanol–water partition coefficient (Wildman–Crippen LogP) is 4.10. The van der Waals surface area contributed by atoms with E-state index >= 15 is 0 Å². The largest absolute Gasteiger partial charge is 0.494 e. The highest BCUT2D eigenvalue weighted by Gasteiger charge is 2.24. The number of likely N-dealkylation sites (tertiary alicyclic amines) is 1. The van der Waals surface area contributed by atoms with Gasteiger partial charge in [0.25, 0.3) is 5.91 Å². The normalized spacial score (nSPS) is 15.6. The van der Waals surface area contributed by atoms with Crippen LogP contribution in [-0.4, -0.2) is 31.0 Å². The average Bonchev–Trinajstić information content (AvgIpc) is 2.46. The van der Waals surface area contributed by atoms with Crippen LogP contribution in [-0.2, 0) is 0 Å². The highest BCUT2D eigenvalue weighted by atomic mass is 35.5. The Labute approximate surface area is 125 Å². The number of ether oxygens (including phenoxy) is 1. The molecular formula is C16H22ClNO2. The van der Waals surface area contributed by atoms with Crippen molar-refractivity contribution in [3.05, 3.63) is 28.3 Å². The van der Waals surface area contributed by atoms with E-state index in [9.17, 15) is 4.79 Å². The van der Waals surface area contributed by atoms with Crippen molar-refractivity contribution in [3.8, 4) is 5.75 Å². The zero-order valence-electron chi connectivity index (χ0n) is 12.4. The molecule has 110 valence electrons. The molecule has 1 aliphatic rings. The van der Waals surface area contributed by atoms with Crippen LogP contribution in [0.1, 0.15) is 54.9 Å². The summed E-state index contributed by atoms with van der Waals surface area (Å²) in [7, 11) is 1.56. The molecular weight excluding hydrogens is 274 g/mol. The summed E-state index contributed by atoms with van der Waals surface area (Å²) in [4.78, 5) is 14.6. The Kier molecular flexibility index (Phi) is 4.92. The monoisotopic (exact) mass is 295 g/mol. The molecule has 0 radical (unpaired) electrons. The van der Waals surface area contributed by atoms with Crippen molar-refractivity contribution in [3.63, 3.8) is 0 Å². The number of benzene rings is 1. The maximum Gasteiger partial charge on any atom is 0.257 e. The van der Waals surface area contributed by atoms with Gasteiger partial charge >= 0.3 is 0 Å². The minimum atomic E-state index is 0.0333. The Balaban J connectivity index is 2.39. The molecule has 0 N–H and O–H groups in total. The van der Waals surface area contributed by atoms with Crippen LogP contribution in [0.25, 0.3) is 0 Å². The number of halogens is 1. The number of hydrogen-bond acceptors (Lipinski definition) is 2. The van der Waals surface area contributed by atoms with E-state index in [1.54, 1.807) is 7.11 Å². The van der Waals surface area contributed by atoms with Crippen LogP contribution in [0, 0.1) is 0 Å². The summed E-state index contributed by atoms with van der Waals surface area (Å²) in [6.45, 7) is 5.83. The molecule has 0 saturated carbocycles. The Hall–Kier alpha value is -1.22. The highest BCUT2D eigenvalue weighted by molar-refractivity contribution is 6.32. The van der Waals surface area contributed by atoms with E-state index in [0.717, 1.165) is 31.5 Å². The molecule has 2 rings (SSSR count). The van der Waals surface area contributed by atoms with Gasteiger partial charge in [-0.2, -0.15) is 0 Å². The van der Waals surface area contributed by atoms with Gasteiger partial charge < -0.3 is 9.64 Å². The van der Waals surface area contributed by atoms with Crippen LogP contribution < -0.4 is 4.74 Å². The lowest BCUT2D eigenvalue weighted by molar-refractivity contribution is 0.0721. The standard InChI is InChI=1S/C16H22ClNO2/c1-11(2)12-9-13(15(20-3)14(17)10-12)16(19)18-7-5-4-6-8-18/h9-11H,4-8H2,1-3H3. The van der Waals surface area contributed by atoms with E-state index in [-0.39, 0.29) is 5.91 Å². The number of rotatable bonds is 3. The third kappa shape index (κ3) is 3.09. The van der Waals surface area contributed by atoms with Gasteiger partial charge in [-0.3, -0.25) is 4.79 Å². The summed E-state index contributed by atoms with van der Waals surface area (Å²) >= 11 is 6.27. The van der Waals surface area contributed by atoms with E-state index in [2.05, 4.69) is 13.8 Å². The van der Waals surface area contributed by atoms with Crippen molar-refractivity contribution in [2.75, 3.05) is 20.2 Å². The van der Waals surface area contributed by atoms with Gasteiger partial charge in [-0.15, -0.1) is 0 Å². The molecule has 1 fully saturated rings. The van der Waals surface area contributed by atoms with Gasteiger partial charge in [-0.25, -0.2) is 0 Å². The first-order valence-electron chi connectivity index (χ1n) is 7.21. The topological polar surface area (TPSA) is 29.5 Å². The van der Waals surface area contributed by atoms with Crippen LogP contribution in [0.5, 0.6) is 5.75 Å². The lowest BCUT2D eigenvalue weighted by atomic mass is 9.99. The Morgan fingerprint density at radius 2 is 1.90 bits per heavy atom. The first kappa shape index (κ1) is 15.2. The second-order valence-electron chi connectivity index (χ2n) is 5.59. The summed E-state index contributed by atoms with van der Waals surface area (Å²) in [5.41, 5.74) is 1.65. The van der Waals surface area contributed by atoms with E-state index < -0.39 is 0 Å². The predicted molar refractivity (Wildman–Crippen MR) is 81.8 cm³/mol. The van der Waals surface area contributed by atoms with Gasteiger partial charge in [0, 0.05) is 13.1 Å². The maximum atomic E-state index is 12.7. The Bertz CT molecular complexity index is 493. The molecule has 0 spiro atoms. The molecule has 3 nitrogen and oxygen atoms in total. The SMILES string of the molecule is COc1c(Cl)cc(C(C)C)cc1C(=O)N1CCCCC1. The molecule has 0 atom stereocenters. The number of nitrogens with zero attached hydrogens (tertiary/aromatic N) is 1. The van der Waals surface area contributed by atoms with Crippen molar-refractivity contribution in [2.24, 2.45) is 0 Å². The third-order valence-corrected chi connectivity index (χ3v) is 4.09. The van der Waals surface area contributed by atoms with E-state index in [0.29, 0.717) is 22.3 Å². The van der Waals surface area contributed by atoms with Crippen molar-refractivity contribution in [1.82, 2.24) is 4.90 Å². The minimum absolute atomic E-state index is 0.0333.